The Morgan fingerprint density at radius 2 is 2.00 bits per heavy atom. The molecule has 0 fully saturated rings. The molecule has 6 nitrogen and oxygen atoms in total. The van der Waals surface area contributed by atoms with Crippen LogP contribution in [0.1, 0.15) is 26.7 Å². The van der Waals surface area contributed by atoms with Gasteiger partial charge in [-0.15, -0.1) is 0 Å². The SMILES string of the molecule is CCCC(C)(NC(=O)COc1ccccc1O)C(=O)OC. The number of rotatable bonds is 7. The van der Waals surface area contributed by atoms with Crippen LogP contribution in [0.3, 0.4) is 0 Å². The largest absolute Gasteiger partial charge is 0.504 e. The van der Waals surface area contributed by atoms with Gasteiger partial charge in [0.25, 0.3) is 5.91 Å². The van der Waals surface area contributed by atoms with Gasteiger partial charge in [-0.05, 0) is 25.5 Å². The minimum atomic E-state index is -1.08. The Hall–Kier alpha value is -2.24. The van der Waals surface area contributed by atoms with Gasteiger partial charge in [-0.1, -0.05) is 25.5 Å². The average Bonchev–Trinajstić information content (AvgIpc) is 2.45. The number of ether oxygens (including phenoxy) is 2. The van der Waals surface area contributed by atoms with E-state index in [1.54, 1.807) is 25.1 Å². The standard InChI is InChI=1S/C15H21NO5/c1-4-9-15(2,14(19)20-3)16-13(18)10-21-12-8-6-5-7-11(12)17/h5-8,17H,4,9-10H2,1-3H3,(H,16,18). The minimum absolute atomic E-state index is 0.0467. The Morgan fingerprint density at radius 3 is 2.57 bits per heavy atom. The first-order valence-electron chi connectivity index (χ1n) is 6.73. The zero-order valence-corrected chi connectivity index (χ0v) is 12.5. The van der Waals surface area contributed by atoms with Crippen molar-refractivity contribution < 1.29 is 24.2 Å². The average molecular weight is 295 g/mol. The molecule has 0 aliphatic carbocycles. The predicted octanol–water partition coefficient (Wildman–Crippen LogP) is 1.62. The molecule has 0 saturated heterocycles. The van der Waals surface area contributed by atoms with Gasteiger partial charge in [0.05, 0.1) is 7.11 Å². The molecule has 0 heterocycles. The van der Waals surface area contributed by atoms with Crippen molar-refractivity contribution in [3.05, 3.63) is 24.3 Å². The molecular formula is C15H21NO5. The highest BCUT2D eigenvalue weighted by Crippen LogP contribution is 2.24. The van der Waals surface area contributed by atoms with E-state index in [9.17, 15) is 14.7 Å². The van der Waals surface area contributed by atoms with E-state index < -0.39 is 17.4 Å². The summed E-state index contributed by atoms with van der Waals surface area (Å²) < 4.78 is 9.94. The third kappa shape index (κ3) is 4.66. The monoisotopic (exact) mass is 295 g/mol. The van der Waals surface area contributed by atoms with Gasteiger partial charge >= 0.3 is 5.97 Å². The summed E-state index contributed by atoms with van der Waals surface area (Å²) in [6.07, 6.45) is 1.17. The van der Waals surface area contributed by atoms with E-state index in [2.05, 4.69) is 5.32 Å². The van der Waals surface area contributed by atoms with Crippen molar-refractivity contribution in [2.75, 3.05) is 13.7 Å². The van der Waals surface area contributed by atoms with Gasteiger partial charge in [-0.3, -0.25) is 4.79 Å². The molecule has 2 N–H and O–H groups in total. The first-order chi connectivity index (χ1) is 9.92. The number of hydrogen-bond acceptors (Lipinski definition) is 5. The summed E-state index contributed by atoms with van der Waals surface area (Å²) in [4.78, 5) is 23.7. The number of nitrogens with one attached hydrogen (secondary N) is 1. The number of aromatic hydroxyl groups is 1. The Kier molecular flexibility index (Phi) is 6.02. The normalized spacial score (nSPS) is 13.1. The number of phenols is 1. The number of amides is 1. The van der Waals surface area contributed by atoms with Crippen LogP contribution in [0.5, 0.6) is 11.5 Å². The second kappa shape index (κ2) is 7.52. The van der Waals surface area contributed by atoms with Crippen LogP contribution < -0.4 is 10.1 Å². The van der Waals surface area contributed by atoms with E-state index in [0.717, 1.165) is 0 Å². The maximum atomic E-state index is 11.9. The van der Waals surface area contributed by atoms with Crippen molar-refractivity contribution in [3.8, 4) is 11.5 Å². The molecule has 1 aromatic carbocycles. The van der Waals surface area contributed by atoms with Crippen LogP contribution >= 0.6 is 0 Å². The fourth-order valence-corrected chi connectivity index (χ4v) is 2.01. The van der Waals surface area contributed by atoms with Crippen molar-refractivity contribution in [3.63, 3.8) is 0 Å². The highest BCUT2D eigenvalue weighted by molar-refractivity contribution is 5.88. The van der Waals surface area contributed by atoms with Crippen LogP contribution in [0.15, 0.2) is 24.3 Å². The number of esters is 1. The van der Waals surface area contributed by atoms with Gasteiger partial charge in [-0.25, -0.2) is 4.79 Å². The molecule has 1 amide bonds. The third-order valence-corrected chi connectivity index (χ3v) is 3.03. The molecule has 0 bridgehead atoms. The topological polar surface area (TPSA) is 84.9 Å². The van der Waals surface area contributed by atoms with Gasteiger partial charge in [0.2, 0.25) is 0 Å². The fourth-order valence-electron chi connectivity index (χ4n) is 2.01. The Morgan fingerprint density at radius 1 is 1.33 bits per heavy atom. The summed E-state index contributed by atoms with van der Waals surface area (Å²) in [6.45, 7) is 3.22. The highest BCUT2D eigenvalue weighted by Gasteiger charge is 2.35. The van der Waals surface area contributed by atoms with Crippen molar-refractivity contribution in [1.29, 1.82) is 0 Å². The Bertz CT molecular complexity index is 503. The maximum Gasteiger partial charge on any atom is 0.331 e. The second-order valence-electron chi connectivity index (χ2n) is 4.88. The molecule has 1 aromatic rings. The number of methoxy groups -OCH3 is 1. The Balaban J connectivity index is 2.63. The van der Waals surface area contributed by atoms with Crippen LogP contribution in [-0.2, 0) is 14.3 Å². The predicted molar refractivity (Wildman–Crippen MR) is 77.1 cm³/mol. The lowest BCUT2D eigenvalue weighted by Crippen LogP contribution is -2.53. The number of benzene rings is 1. The van der Waals surface area contributed by atoms with E-state index in [-0.39, 0.29) is 18.1 Å². The third-order valence-electron chi connectivity index (χ3n) is 3.03. The van der Waals surface area contributed by atoms with Gasteiger partial charge in [-0.2, -0.15) is 0 Å². The Labute approximate surface area is 124 Å². The van der Waals surface area contributed by atoms with Gasteiger partial charge < -0.3 is 19.9 Å². The number of phenolic OH excluding ortho intramolecular Hbond substituents is 1. The lowest BCUT2D eigenvalue weighted by atomic mass is 9.96. The number of carbonyl (C=O) groups excluding carboxylic acids is 2. The molecule has 1 atom stereocenters. The number of para-hydroxylation sites is 2. The molecule has 0 saturated carbocycles. The van der Waals surface area contributed by atoms with E-state index in [1.807, 2.05) is 6.92 Å². The molecule has 6 heteroatoms. The lowest BCUT2D eigenvalue weighted by molar-refractivity contribution is -0.150. The zero-order valence-electron chi connectivity index (χ0n) is 12.5. The molecular weight excluding hydrogens is 274 g/mol. The van der Waals surface area contributed by atoms with Gasteiger partial charge in [0, 0.05) is 0 Å². The van der Waals surface area contributed by atoms with Crippen molar-refractivity contribution in [2.45, 2.75) is 32.2 Å². The van der Waals surface area contributed by atoms with Crippen molar-refractivity contribution in [2.24, 2.45) is 0 Å². The summed E-state index contributed by atoms with van der Waals surface area (Å²) >= 11 is 0. The van der Waals surface area contributed by atoms with Crippen molar-refractivity contribution >= 4 is 11.9 Å². The van der Waals surface area contributed by atoms with E-state index in [0.29, 0.717) is 12.8 Å². The summed E-state index contributed by atoms with van der Waals surface area (Å²) in [6, 6.07) is 6.34. The van der Waals surface area contributed by atoms with Crippen LogP contribution in [0, 0.1) is 0 Å². The van der Waals surface area contributed by atoms with E-state index in [4.69, 9.17) is 9.47 Å². The zero-order chi connectivity index (χ0) is 15.9. The molecule has 0 spiro atoms. The molecule has 116 valence electrons. The van der Waals surface area contributed by atoms with Crippen LogP contribution in [0.25, 0.3) is 0 Å². The number of carbonyl (C=O) groups is 2. The molecule has 0 aromatic heterocycles. The van der Waals surface area contributed by atoms with E-state index in [1.165, 1.54) is 13.2 Å². The van der Waals surface area contributed by atoms with Gasteiger partial charge in [0.15, 0.2) is 18.1 Å². The molecule has 0 aliphatic heterocycles. The maximum absolute atomic E-state index is 11.9. The summed E-state index contributed by atoms with van der Waals surface area (Å²) in [7, 11) is 1.28. The number of hydrogen-bond donors (Lipinski definition) is 2. The first-order valence-corrected chi connectivity index (χ1v) is 6.73. The molecule has 1 unspecified atom stereocenters. The van der Waals surface area contributed by atoms with Gasteiger partial charge in [0.1, 0.15) is 5.54 Å². The highest BCUT2D eigenvalue weighted by atomic mass is 16.5. The quantitative estimate of drug-likeness (QED) is 0.747. The smallest absolute Gasteiger partial charge is 0.331 e. The molecule has 1 rings (SSSR count). The van der Waals surface area contributed by atoms with Crippen LogP contribution in [0.2, 0.25) is 0 Å². The molecule has 0 radical (unpaired) electrons. The molecule has 21 heavy (non-hydrogen) atoms. The van der Waals surface area contributed by atoms with Crippen LogP contribution in [0.4, 0.5) is 0 Å². The van der Waals surface area contributed by atoms with Crippen LogP contribution in [-0.4, -0.2) is 36.2 Å². The summed E-state index contributed by atoms with van der Waals surface area (Å²) in [5.41, 5.74) is -1.08. The summed E-state index contributed by atoms with van der Waals surface area (Å²) in [5, 5.41) is 12.2. The second-order valence-corrected chi connectivity index (χ2v) is 4.88. The lowest BCUT2D eigenvalue weighted by Gasteiger charge is -2.27. The summed E-state index contributed by atoms with van der Waals surface area (Å²) in [5.74, 6) is -0.794. The molecule has 0 aliphatic rings. The fraction of sp³-hybridized carbons (Fsp3) is 0.467. The van der Waals surface area contributed by atoms with E-state index >= 15 is 0 Å². The minimum Gasteiger partial charge on any atom is -0.504 e. The first kappa shape index (κ1) is 16.8. The van der Waals surface area contributed by atoms with Crippen molar-refractivity contribution in [1.82, 2.24) is 5.32 Å².